The number of nitrogens with one attached hydrogen (secondary N) is 1. The number of alkyl carbamates (subject to hydrolysis) is 1. The molecule has 10 nitrogen and oxygen atoms in total. The van der Waals surface area contributed by atoms with Crippen molar-refractivity contribution in [3.63, 3.8) is 0 Å². The van der Waals surface area contributed by atoms with Crippen molar-refractivity contribution < 1.29 is 33.4 Å². The van der Waals surface area contributed by atoms with Gasteiger partial charge in [0.2, 0.25) is 12.0 Å². The summed E-state index contributed by atoms with van der Waals surface area (Å²) in [7, 11) is 0. The predicted octanol–water partition coefficient (Wildman–Crippen LogP) is 4.20. The first kappa shape index (κ1) is 28.3. The molecule has 3 fully saturated rings. The fourth-order valence-corrected chi connectivity index (χ4v) is 5.08. The molecule has 0 saturated carbocycles. The Kier molecular flexibility index (Phi) is 9.27. The number of amides is 2. The van der Waals surface area contributed by atoms with Crippen molar-refractivity contribution in [1.82, 2.24) is 15.3 Å². The van der Waals surface area contributed by atoms with Crippen LogP contribution in [0, 0.1) is 5.41 Å². The monoisotopic (exact) mass is 531 g/mol. The molecule has 3 heterocycles. The van der Waals surface area contributed by atoms with Gasteiger partial charge in [0.25, 0.3) is 0 Å². The van der Waals surface area contributed by atoms with Crippen molar-refractivity contribution >= 4 is 18.0 Å². The third-order valence-electron chi connectivity index (χ3n) is 7.58. The molecule has 4 unspecified atom stereocenters. The van der Waals surface area contributed by atoms with Gasteiger partial charge in [-0.1, -0.05) is 63.9 Å². The largest absolute Gasteiger partial charge is 0.447 e. The van der Waals surface area contributed by atoms with Crippen molar-refractivity contribution in [2.24, 2.45) is 5.41 Å². The normalized spacial score (nSPS) is 27.4. The van der Waals surface area contributed by atoms with E-state index in [9.17, 15) is 14.4 Å². The minimum atomic E-state index is -0.725. The second-order valence-electron chi connectivity index (χ2n) is 11.1. The Morgan fingerprint density at radius 2 is 1.97 bits per heavy atom. The molecule has 3 saturated heterocycles. The Morgan fingerprint density at radius 3 is 2.66 bits per heavy atom. The highest BCUT2D eigenvalue weighted by molar-refractivity contribution is 5.91. The minimum Gasteiger partial charge on any atom is -0.447 e. The topological polar surface area (TPSA) is 110 Å². The highest BCUT2D eigenvalue weighted by atomic mass is 16.8. The van der Waals surface area contributed by atoms with Crippen LogP contribution in [0.2, 0.25) is 0 Å². The van der Waals surface area contributed by atoms with Crippen LogP contribution in [0.25, 0.3) is 0 Å². The van der Waals surface area contributed by atoms with Gasteiger partial charge in [0, 0.05) is 18.6 Å². The van der Waals surface area contributed by atoms with Crippen molar-refractivity contribution in [2.45, 2.75) is 90.3 Å². The first-order valence-electron chi connectivity index (χ1n) is 13.7. The summed E-state index contributed by atoms with van der Waals surface area (Å²) in [6, 6.07) is 9.00. The fourth-order valence-electron chi connectivity index (χ4n) is 5.08. The average Bonchev–Trinajstić information content (AvgIpc) is 3.41. The van der Waals surface area contributed by atoms with Crippen molar-refractivity contribution in [1.29, 1.82) is 0 Å². The van der Waals surface area contributed by atoms with Crippen LogP contribution >= 0.6 is 0 Å². The van der Waals surface area contributed by atoms with Gasteiger partial charge in [-0.15, -0.1) is 5.06 Å². The summed E-state index contributed by atoms with van der Waals surface area (Å²) in [5.41, 5.74) is 0.576. The molecular formula is C28H41N3O7. The Balaban J connectivity index is 1.30. The van der Waals surface area contributed by atoms with Gasteiger partial charge in [-0.05, 0) is 31.7 Å². The maximum Gasteiger partial charge on any atom is 0.409 e. The van der Waals surface area contributed by atoms with E-state index in [2.05, 4.69) is 5.32 Å². The Labute approximate surface area is 224 Å². The van der Waals surface area contributed by atoms with E-state index in [0.717, 1.165) is 31.2 Å². The zero-order valence-corrected chi connectivity index (χ0v) is 22.9. The molecule has 6 atom stereocenters. The van der Waals surface area contributed by atoms with E-state index in [0.29, 0.717) is 19.6 Å². The number of hydrogen-bond donors (Lipinski definition) is 1. The summed E-state index contributed by atoms with van der Waals surface area (Å²) in [6.07, 6.45) is 1.62. The maximum absolute atomic E-state index is 13.3. The molecule has 2 amide bonds. The van der Waals surface area contributed by atoms with Gasteiger partial charge in [-0.2, -0.15) is 0 Å². The molecule has 1 aromatic rings. The lowest BCUT2D eigenvalue weighted by Gasteiger charge is -2.26. The quantitative estimate of drug-likeness (QED) is 0.423. The molecule has 0 aromatic heterocycles. The standard InChI is InChI=1S/C28H41N3O7/c1-5-6-14-22(24(32)25-31(38-25)19(2)20-11-8-7-9-12-20)29-26(33)37-23-16-30(18-28(23,3)4)27(34)36-17-21-13-10-15-35-21/h7-9,11-12,19,21-23,25H,5-6,10,13-18H2,1-4H3,(H,29,33)/t19-,21?,22?,23-,25?,31?/m1/s1. The van der Waals surface area contributed by atoms with Crippen LogP contribution < -0.4 is 5.32 Å². The van der Waals surface area contributed by atoms with Gasteiger partial charge < -0.3 is 24.4 Å². The molecule has 3 aliphatic rings. The van der Waals surface area contributed by atoms with Crippen molar-refractivity contribution in [2.75, 3.05) is 26.3 Å². The van der Waals surface area contributed by atoms with Crippen molar-refractivity contribution in [3.8, 4) is 0 Å². The number of rotatable bonds is 11. The van der Waals surface area contributed by atoms with E-state index in [-0.39, 0.29) is 31.1 Å². The molecule has 3 aliphatic heterocycles. The van der Waals surface area contributed by atoms with Gasteiger partial charge in [0.05, 0.1) is 24.7 Å². The second-order valence-corrected chi connectivity index (χ2v) is 11.1. The molecule has 38 heavy (non-hydrogen) atoms. The number of carbonyl (C=O) groups is 3. The summed E-state index contributed by atoms with van der Waals surface area (Å²) in [5, 5.41) is 4.43. The van der Waals surface area contributed by atoms with Gasteiger partial charge in [0.1, 0.15) is 12.7 Å². The SMILES string of the molecule is CCCCC(NC(=O)O[C@@H]1CN(C(=O)OCC2CCCO2)CC1(C)C)C(=O)C1ON1[C@H](C)c1ccccc1. The van der Waals surface area contributed by atoms with Crippen LogP contribution in [-0.4, -0.2) is 78.7 Å². The Bertz CT molecular complexity index is 966. The number of carbonyl (C=O) groups excluding carboxylic acids is 3. The highest BCUT2D eigenvalue weighted by Gasteiger charge is 2.49. The third-order valence-corrected chi connectivity index (χ3v) is 7.58. The highest BCUT2D eigenvalue weighted by Crippen LogP contribution is 2.35. The number of unbranched alkanes of at least 4 members (excludes halogenated alkanes) is 1. The number of hydrogen-bond acceptors (Lipinski definition) is 8. The van der Waals surface area contributed by atoms with E-state index in [1.165, 1.54) is 0 Å². The molecule has 0 bridgehead atoms. The molecule has 0 radical (unpaired) electrons. The first-order valence-corrected chi connectivity index (χ1v) is 13.7. The molecule has 210 valence electrons. The zero-order valence-electron chi connectivity index (χ0n) is 22.9. The van der Waals surface area contributed by atoms with Crippen LogP contribution in [0.1, 0.15) is 71.4 Å². The number of benzene rings is 1. The lowest BCUT2D eigenvalue weighted by atomic mass is 9.90. The molecule has 0 aliphatic carbocycles. The summed E-state index contributed by atoms with van der Waals surface area (Å²) >= 11 is 0. The summed E-state index contributed by atoms with van der Waals surface area (Å²) in [5.74, 6) is -0.191. The van der Waals surface area contributed by atoms with E-state index >= 15 is 0 Å². The predicted molar refractivity (Wildman–Crippen MR) is 139 cm³/mol. The van der Waals surface area contributed by atoms with Gasteiger partial charge in [-0.25, -0.2) is 9.59 Å². The average molecular weight is 532 g/mol. The molecule has 10 heteroatoms. The number of ketones is 1. The Hall–Kier alpha value is -2.69. The maximum atomic E-state index is 13.3. The number of likely N-dealkylation sites (tertiary alicyclic amines) is 1. The zero-order chi connectivity index (χ0) is 27.3. The molecule has 1 aromatic carbocycles. The number of hydroxylamine groups is 2. The summed E-state index contributed by atoms with van der Waals surface area (Å²) < 4.78 is 16.7. The Morgan fingerprint density at radius 1 is 1.21 bits per heavy atom. The van der Waals surface area contributed by atoms with Crippen LogP contribution in [-0.2, 0) is 23.8 Å². The lowest BCUT2D eigenvalue weighted by Crippen LogP contribution is -2.46. The van der Waals surface area contributed by atoms with E-state index in [1.807, 2.05) is 58.0 Å². The molecule has 0 spiro atoms. The number of ether oxygens (including phenoxy) is 3. The fraction of sp³-hybridized carbons (Fsp3) is 0.679. The van der Waals surface area contributed by atoms with Crippen LogP contribution in [0.15, 0.2) is 30.3 Å². The molecular weight excluding hydrogens is 490 g/mol. The molecule has 1 N–H and O–H groups in total. The van der Waals surface area contributed by atoms with Crippen LogP contribution in [0.3, 0.4) is 0 Å². The van der Waals surface area contributed by atoms with Gasteiger partial charge in [-0.3, -0.25) is 9.63 Å². The first-order chi connectivity index (χ1) is 18.2. The van der Waals surface area contributed by atoms with Gasteiger partial charge >= 0.3 is 12.2 Å². The molecule has 4 rings (SSSR count). The van der Waals surface area contributed by atoms with E-state index < -0.39 is 36.0 Å². The van der Waals surface area contributed by atoms with E-state index in [1.54, 1.807) is 9.96 Å². The minimum absolute atomic E-state index is 0.0490. The summed E-state index contributed by atoms with van der Waals surface area (Å²) in [6.45, 7) is 9.45. The van der Waals surface area contributed by atoms with Crippen molar-refractivity contribution in [3.05, 3.63) is 35.9 Å². The third kappa shape index (κ3) is 7.03. The van der Waals surface area contributed by atoms with Crippen LogP contribution in [0.5, 0.6) is 0 Å². The lowest BCUT2D eigenvalue weighted by molar-refractivity contribution is -0.122. The second kappa shape index (κ2) is 12.4. The number of nitrogens with zero attached hydrogens (tertiary/aromatic N) is 2. The number of Topliss-reactive ketones (excluding diaryl/α,β-unsaturated/α-hetero) is 1. The van der Waals surface area contributed by atoms with E-state index in [4.69, 9.17) is 19.0 Å². The van der Waals surface area contributed by atoms with Crippen LogP contribution in [0.4, 0.5) is 9.59 Å². The summed E-state index contributed by atoms with van der Waals surface area (Å²) in [4.78, 5) is 46.0. The van der Waals surface area contributed by atoms with Gasteiger partial charge in [0.15, 0.2) is 0 Å². The smallest absolute Gasteiger partial charge is 0.409 e.